The Hall–Kier alpha value is -0.730. The van der Waals surface area contributed by atoms with E-state index in [0.717, 1.165) is 12.8 Å². The molecule has 7 heteroatoms. The molecule has 0 bridgehead atoms. The van der Waals surface area contributed by atoms with Crippen molar-refractivity contribution in [3.8, 4) is 0 Å². The Morgan fingerprint density at radius 2 is 1.41 bits per heavy atom. The van der Waals surface area contributed by atoms with Crippen LogP contribution in [0.2, 0.25) is 0 Å². The molecule has 3 aliphatic rings. The number of ether oxygens (including phenoxy) is 2. The van der Waals surface area contributed by atoms with Crippen LogP contribution in [0.4, 0.5) is 0 Å². The molecule has 2 saturated carbocycles. The van der Waals surface area contributed by atoms with Crippen LogP contribution in [0.15, 0.2) is 0 Å². The topological polar surface area (TPSA) is 100 Å². The minimum Gasteiger partial charge on any atom is -0.362 e. The van der Waals surface area contributed by atoms with Crippen molar-refractivity contribution in [1.29, 1.82) is 0 Å². The highest BCUT2D eigenvalue weighted by atomic mass is 16.8. The highest BCUT2D eigenvalue weighted by Crippen LogP contribution is 2.59. The summed E-state index contributed by atoms with van der Waals surface area (Å²) in [5, 5.41) is 29.1. The van der Waals surface area contributed by atoms with E-state index >= 15 is 0 Å². The van der Waals surface area contributed by atoms with Crippen molar-refractivity contribution in [2.45, 2.75) is 114 Å². The van der Waals surface area contributed by atoms with Gasteiger partial charge in [0.25, 0.3) is 11.7 Å². The molecule has 156 valence electrons. The highest BCUT2D eigenvalue weighted by Gasteiger charge is 2.75. The number of hydrogen-bond donors (Lipinski definition) is 4. The Labute approximate surface area is 162 Å². The van der Waals surface area contributed by atoms with E-state index in [1.54, 1.807) is 0 Å². The van der Waals surface area contributed by atoms with Gasteiger partial charge in [0, 0.05) is 11.1 Å². The van der Waals surface area contributed by atoms with Gasteiger partial charge in [-0.15, -0.1) is 0 Å². The molecule has 27 heavy (non-hydrogen) atoms. The Morgan fingerprint density at radius 1 is 0.889 bits per heavy atom. The Balaban J connectivity index is 1.93. The van der Waals surface area contributed by atoms with E-state index in [0.29, 0.717) is 25.7 Å². The molecule has 3 fully saturated rings. The number of aliphatic hydroxyl groups is 2. The zero-order valence-electron chi connectivity index (χ0n) is 17.6. The van der Waals surface area contributed by atoms with Gasteiger partial charge in [0.05, 0.1) is 6.54 Å². The lowest BCUT2D eigenvalue weighted by Gasteiger charge is -2.66. The van der Waals surface area contributed by atoms with Crippen LogP contribution in [0.1, 0.15) is 80.1 Å². The molecule has 1 aliphatic heterocycles. The van der Waals surface area contributed by atoms with E-state index in [1.165, 1.54) is 0 Å². The summed E-state index contributed by atoms with van der Waals surface area (Å²) in [4.78, 5) is 13.0. The first-order chi connectivity index (χ1) is 12.2. The normalized spacial score (nSPS) is 34.8. The van der Waals surface area contributed by atoms with Crippen LogP contribution in [-0.2, 0) is 14.3 Å². The van der Waals surface area contributed by atoms with E-state index in [9.17, 15) is 15.0 Å². The number of β-amino-alcohol motifs (C(OH)–C–C–N with tert-alkyl or cyclic N) is 1. The molecule has 4 N–H and O–H groups in total. The van der Waals surface area contributed by atoms with Gasteiger partial charge in [-0.2, -0.15) is 0 Å². The first-order valence-corrected chi connectivity index (χ1v) is 10.1. The van der Waals surface area contributed by atoms with Gasteiger partial charge in [-0.05, 0) is 80.1 Å². The molecule has 0 radical (unpaired) electrons. The molecule has 3 rings (SSSR count). The Kier molecular flexibility index (Phi) is 4.77. The van der Waals surface area contributed by atoms with Gasteiger partial charge >= 0.3 is 0 Å². The summed E-state index contributed by atoms with van der Waals surface area (Å²) in [6.07, 6.45) is 3.67. The average molecular weight is 385 g/mol. The molecule has 0 aromatic carbocycles. The van der Waals surface area contributed by atoms with Crippen molar-refractivity contribution in [1.82, 2.24) is 10.6 Å². The smallest absolute Gasteiger partial charge is 0.283 e. The summed E-state index contributed by atoms with van der Waals surface area (Å²) < 4.78 is 12.4. The number of amides is 1. The molecule has 2 spiro atoms. The third-order valence-corrected chi connectivity index (χ3v) is 6.01. The Morgan fingerprint density at radius 3 is 1.78 bits per heavy atom. The van der Waals surface area contributed by atoms with Gasteiger partial charge in [0.2, 0.25) is 5.79 Å². The Bertz CT molecular complexity index is 600. The predicted octanol–water partition coefficient (Wildman–Crippen LogP) is 1.56. The number of nitrogens with one attached hydrogen (secondary N) is 2. The highest BCUT2D eigenvalue weighted by molar-refractivity contribution is 5.86. The summed E-state index contributed by atoms with van der Waals surface area (Å²) in [6, 6.07) is 0. The third-order valence-electron chi connectivity index (χ3n) is 6.01. The monoisotopic (exact) mass is 384 g/mol. The maximum absolute atomic E-state index is 13.0. The van der Waals surface area contributed by atoms with Crippen LogP contribution in [-0.4, -0.2) is 56.5 Å². The fraction of sp³-hybridized carbons (Fsp3) is 0.950. The van der Waals surface area contributed by atoms with Crippen molar-refractivity contribution >= 4 is 5.91 Å². The second kappa shape index (κ2) is 6.13. The number of rotatable bonds is 3. The molecule has 2 aliphatic carbocycles. The van der Waals surface area contributed by atoms with Crippen LogP contribution in [0, 0.1) is 0 Å². The lowest BCUT2D eigenvalue weighted by Crippen LogP contribution is -2.83. The molecule has 0 unspecified atom stereocenters. The second-order valence-electron chi connectivity index (χ2n) is 10.6. The van der Waals surface area contributed by atoms with Crippen LogP contribution in [0.5, 0.6) is 0 Å². The molecule has 0 aromatic rings. The van der Waals surface area contributed by atoms with Crippen molar-refractivity contribution in [2.75, 3.05) is 6.54 Å². The fourth-order valence-electron chi connectivity index (χ4n) is 4.13. The van der Waals surface area contributed by atoms with E-state index in [2.05, 4.69) is 10.6 Å². The average Bonchev–Trinajstić information content (AvgIpc) is 2.41. The lowest BCUT2D eigenvalue weighted by molar-refractivity contribution is -0.495. The van der Waals surface area contributed by atoms with Gasteiger partial charge < -0.3 is 30.3 Å². The van der Waals surface area contributed by atoms with Gasteiger partial charge in [-0.3, -0.25) is 4.79 Å². The molecule has 7 nitrogen and oxygen atoms in total. The maximum Gasteiger partial charge on any atom is 0.283 e. The fourth-order valence-corrected chi connectivity index (χ4v) is 4.13. The number of hydrogen-bond acceptors (Lipinski definition) is 6. The number of carbonyl (C=O) groups is 1. The minimum absolute atomic E-state index is 0.176. The van der Waals surface area contributed by atoms with Gasteiger partial charge in [0.15, 0.2) is 0 Å². The van der Waals surface area contributed by atoms with E-state index in [1.807, 2.05) is 41.5 Å². The van der Waals surface area contributed by atoms with E-state index in [4.69, 9.17) is 9.47 Å². The van der Waals surface area contributed by atoms with Gasteiger partial charge in [-0.25, -0.2) is 0 Å². The minimum atomic E-state index is -2.10. The molecule has 1 heterocycles. The standard InChI is InChI=1S/C20H36N2O5/c1-15(2,3)21-13-19(24)17(9-7-10-17)27-20(25,14(23)22-16(4,5)6)18(26-19)11-8-12-18/h21,24-25H,7-13H2,1-6H3,(H,22,23)/t19-,20+/m1/s1. The third kappa shape index (κ3) is 3.42. The summed E-state index contributed by atoms with van der Waals surface area (Å²) >= 11 is 0. The van der Waals surface area contributed by atoms with Crippen molar-refractivity contribution < 1.29 is 24.5 Å². The van der Waals surface area contributed by atoms with Gasteiger partial charge in [0.1, 0.15) is 11.2 Å². The molecule has 0 aromatic heterocycles. The molecular formula is C20H36N2O5. The molecule has 1 saturated heterocycles. The SMILES string of the molecule is CC(C)(C)NC[C@@]1(O)OC2(CCC2)[C@](O)(C(=O)NC(C)(C)C)OC12CCC2. The van der Waals surface area contributed by atoms with Crippen molar-refractivity contribution in [2.24, 2.45) is 0 Å². The maximum atomic E-state index is 13.0. The quantitative estimate of drug-likeness (QED) is 0.589. The van der Waals surface area contributed by atoms with E-state index in [-0.39, 0.29) is 12.1 Å². The van der Waals surface area contributed by atoms with Gasteiger partial charge in [-0.1, -0.05) is 0 Å². The summed E-state index contributed by atoms with van der Waals surface area (Å²) in [5.74, 6) is -4.29. The first kappa shape index (κ1) is 21.0. The zero-order chi connectivity index (χ0) is 20.4. The summed E-state index contributed by atoms with van der Waals surface area (Å²) in [7, 11) is 0. The molecule has 1 amide bonds. The van der Waals surface area contributed by atoms with Crippen LogP contribution < -0.4 is 10.6 Å². The number of carbonyl (C=O) groups excluding carboxylic acids is 1. The lowest BCUT2D eigenvalue weighted by atomic mass is 9.66. The van der Waals surface area contributed by atoms with Crippen molar-refractivity contribution in [3.05, 3.63) is 0 Å². The second-order valence-corrected chi connectivity index (χ2v) is 10.6. The summed E-state index contributed by atoms with van der Waals surface area (Å²) in [5.41, 5.74) is -3.04. The largest absolute Gasteiger partial charge is 0.362 e. The van der Waals surface area contributed by atoms with Crippen molar-refractivity contribution in [3.63, 3.8) is 0 Å². The molecule has 2 atom stereocenters. The summed E-state index contributed by atoms with van der Waals surface area (Å²) in [6.45, 7) is 11.8. The first-order valence-electron chi connectivity index (χ1n) is 10.1. The van der Waals surface area contributed by atoms with Crippen LogP contribution in [0.3, 0.4) is 0 Å². The van der Waals surface area contributed by atoms with Crippen LogP contribution in [0.25, 0.3) is 0 Å². The zero-order valence-corrected chi connectivity index (χ0v) is 17.6. The molecular weight excluding hydrogens is 348 g/mol. The predicted molar refractivity (Wildman–Crippen MR) is 101 cm³/mol. The van der Waals surface area contributed by atoms with Crippen LogP contribution >= 0.6 is 0 Å². The van der Waals surface area contributed by atoms with E-state index < -0.39 is 34.2 Å².